The van der Waals surface area contributed by atoms with Gasteiger partial charge in [0.25, 0.3) is 0 Å². The molecule has 0 amide bonds. The Bertz CT molecular complexity index is 575. The van der Waals surface area contributed by atoms with Gasteiger partial charge in [0.1, 0.15) is 0 Å². The van der Waals surface area contributed by atoms with Crippen LogP contribution in [0, 0.1) is 23.2 Å². The highest BCUT2D eigenvalue weighted by Gasteiger charge is 2.11. The van der Waals surface area contributed by atoms with Gasteiger partial charge >= 0.3 is 0 Å². The standard InChI is InChI=1S/C9H9N3O3S2/c10-4-6-17(14,15)12-9-11-7-8(16-9)3-1-2-5-13/h7,13H,2,5-6H2,(H,11,12). The molecule has 0 aliphatic carbocycles. The van der Waals surface area contributed by atoms with E-state index in [4.69, 9.17) is 10.4 Å². The molecule has 17 heavy (non-hydrogen) atoms. The number of rotatable bonds is 4. The van der Waals surface area contributed by atoms with E-state index in [2.05, 4.69) is 21.5 Å². The Hall–Kier alpha value is -1.61. The predicted molar refractivity (Wildman–Crippen MR) is 63.7 cm³/mol. The average Bonchev–Trinajstić information content (AvgIpc) is 2.65. The molecule has 0 aliphatic rings. The van der Waals surface area contributed by atoms with Crippen LogP contribution in [0.4, 0.5) is 5.13 Å². The maximum atomic E-state index is 11.2. The van der Waals surface area contributed by atoms with Crippen LogP contribution in [0.15, 0.2) is 6.20 Å². The third kappa shape index (κ3) is 4.83. The van der Waals surface area contributed by atoms with Crippen LogP contribution in [0.3, 0.4) is 0 Å². The van der Waals surface area contributed by atoms with Gasteiger partial charge in [0, 0.05) is 6.42 Å². The van der Waals surface area contributed by atoms with Crippen LogP contribution in [0.5, 0.6) is 0 Å². The SMILES string of the molecule is N#CCS(=O)(=O)Nc1ncc(C#CCCO)s1. The summed E-state index contributed by atoms with van der Waals surface area (Å²) in [6.45, 7) is -0.0204. The molecule has 0 spiro atoms. The second-order valence-electron chi connectivity index (χ2n) is 2.82. The molecule has 0 radical (unpaired) electrons. The number of hydrogen-bond acceptors (Lipinski definition) is 6. The maximum absolute atomic E-state index is 11.2. The van der Waals surface area contributed by atoms with Crippen molar-refractivity contribution in [2.45, 2.75) is 6.42 Å². The highest BCUT2D eigenvalue weighted by atomic mass is 32.2. The van der Waals surface area contributed by atoms with E-state index in [1.807, 2.05) is 0 Å². The van der Waals surface area contributed by atoms with E-state index in [9.17, 15) is 8.42 Å². The number of anilines is 1. The molecule has 6 nitrogen and oxygen atoms in total. The van der Waals surface area contributed by atoms with Crippen molar-refractivity contribution in [3.05, 3.63) is 11.1 Å². The van der Waals surface area contributed by atoms with Gasteiger partial charge in [-0.05, 0) is 0 Å². The second kappa shape index (κ2) is 6.21. The molecule has 0 unspecified atom stereocenters. The summed E-state index contributed by atoms with van der Waals surface area (Å²) in [4.78, 5) is 4.41. The Morgan fingerprint density at radius 1 is 1.59 bits per heavy atom. The van der Waals surface area contributed by atoms with E-state index in [0.717, 1.165) is 11.3 Å². The first-order valence-electron chi connectivity index (χ1n) is 4.50. The molecule has 2 N–H and O–H groups in total. The number of nitrogens with one attached hydrogen (secondary N) is 1. The van der Waals surface area contributed by atoms with Crippen molar-refractivity contribution in [2.75, 3.05) is 17.1 Å². The van der Waals surface area contributed by atoms with E-state index in [-0.39, 0.29) is 11.7 Å². The first kappa shape index (κ1) is 13.5. The van der Waals surface area contributed by atoms with Crippen molar-refractivity contribution < 1.29 is 13.5 Å². The Morgan fingerprint density at radius 3 is 3.00 bits per heavy atom. The molecule has 1 aromatic rings. The normalized spacial score (nSPS) is 10.1. The van der Waals surface area contributed by atoms with Crippen molar-refractivity contribution in [3.63, 3.8) is 0 Å². The van der Waals surface area contributed by atoms with Gasteiger partial charge in [-0.2, -0.15) is 5.26 Å². The summed E-state index contributed by atoms with van der Waals surface area (Å²) in [5, 5.41) is 17.0. The molecular weight excluding hydrogens is 262 g/mol. The van der Waals surface area contributed by atoms with Gasteiger partial charge in [0.15, 0.2) is 10.9 Å². The minimum Gasteiger partial charge on any atom is -0.395 e. The number of nitriles is 1. The summed E-state index contributed by atoms with van der Waals surface area (Å²) < 4.78 is 24.6. The van der Waals surface area contributed by atoms with Crippen LogP contribution in [-0.2, 0) is 10.0 Å². The smallest absolute Gasteiger partial charge is 0.247 e. The predicted octanol–water partition coefficient (Wildman–Crippen LogP) is 0.142. The molecule has 0 aliphatic heterocycles. The van der Waals surface area contributed by atoms with Crippen LogP contribution in [-0.4, -0.2) is 30.9 Å². The molecule has 1 aromatic heterocycles. The molecule has 8 heteroatoms. The number of aliphatic hydroxyl groups is 1. The molecule has 0 atom stereocenters. The first-order chi connectivity index (χ1) is 8.07. The second-order valence-corrected chi connectivity index (χ2v) is 5.58. The van der Waals surface area contributed by atoms with Crippen LogP contribution >= 0.6 is 11.3 Å². The number of hydrogen-bond donors (Lipinski definition) is 2. The molecule has 1 heterocycles. The van der Waals surface area contributed by atoms with E-state index < -0.39 is 15.8 Å². The lowest BCUT2D eigenvalue weighted by molar-refractivity contribution is 0.305. The van der Waals surface area contributed by atoms with Crippen LogP contribution in [0.1, 0.15) is 11.3 Å². The molecule has 0 fully saturated rings. The van der Waals surface area contributed by atoms with Crippen molar-refractivity contribution in [3.8, 4) is 17.9 Å². The average molecular weight is 271 g/mol. The lowest BCUT2D eigenvalue weighted by Gasteiger charge is -1.98. The summed E-state index contributed by atoms with van der Waals surface area (Å²) in [6, 6.07) is 1.55. The van der Waals surface area contributed by atoms with Crippen LogP contribution < -0.4 is 4.72 Å². The quantitative estimate of drug-likeness (QED) is 0.758. The van der Waals surface area contributed by atoms with Gasteiger partial charge in [-0.3, -0.25) is 4.72 Å². The molecule has 0 aromatic carbocycles. The minimum absolute atomic E-state index is 0.0204. The summed E-state index contributed by atoms with van der Waals surface area (Å²) in [6.07, 6.45) is 1.78. The van der Waals surface area contributed by atoms with Crippen molar-refractivity contribution in [1.82, 2.24) is 4.98 Å². The third-order valence-corrected chi connectivity index (χ3v) is 3.42. The fraction of sp³-hybridized carbons (Fsp3) is 0.333. The molecule has 0 bridgehead atoms. The van der Waals surface area contributed by atoms with E-state index >= 15 is 0 Å². The van der Waals surface area contributed by atoms with Crippen LogP contribution in [0.25, 0.3) is 0 Å². The summed E-state index contributed by atoms with van der Waals surface area (Å²) in [7, 11) is -3.65. The molecule has 1 rings (SSSR count). The Morgan fingerprint density at radius 2 is 2.35 bits per heavy atom. The van der Waals surface area contributed by atoms with E-state index in [1.54, 1.807) is 6.07 Å². The summed E-state index contributed by atoms with van der Waals surface area (Å²) in [5.41, 5.74) is 0. The lowest BCUT2D eigenvalue weighted by Crippen LogP contribution is -2.15. The zero-order valence-corrected chi connectivity index (χ0v) is 10.3. The van der Waals surface area contributed by atoms with Crippen molar-refractivity contribution in [2.24, 2.45) is 0 Å². The van der Waals surface area contributed by atoms with Crippen molar-refractivity contribution >= 4 is 26.5 Å². The van der Waals surface area contributed by atoms with Crippen molar-refractivity contribution in [1.29, 1.82) is 5.26 Å². The third-order valence-electron chi connectivity index (χ3n) is 1.45. The highest BCUT2D eigenvalue weighted by molar-refractivity contribution is 7.93. The zero-order chi connectivity index (χ0) is 12.7. The monoisotopic (exact) mass is 271 g/mol. The largest absolute Gasteiger partial charge is 0.395 e. The van der Waals surface area contributed by atoms with Gasteiger partial charge in [-0.15, -0.1) is 0 Å². The number of thiazole rings is 1. The Balaban J connectivity index is 2.71. The van der Waals surface area contributed by atoms with E-state index in [0.29, 0.717) is 11.3 Å². The molecule has 90 valence electrons. The maximum Gasteiger partial charge on any atom is 0.247 e. The highest BCUT2D eigenvalue weighted by Crippen LogP contribution is 2.18. The fourth-order valence-electron chi connectivity index (χ4n) is 0.839. The number of sulfonamides is 1. The van der Waals surface area contributed by atoms with Gasteiger partial charge in [-0.25, -0.2) is 13.4 Å². The molecular formula is C9H9N3O3S2. The summed E-state index contributed by atoms with van der Waals surface area (Å²) >= 11 is 1.07. The lowest BCUT2D eigenvalue weighted by atomic mass is 10.4. The van der Waals surface area contributed by atoms with Gasteiger partial charge in [0.05, 0.1) is 23.8 Å². The van der Waals surface area contributed by atoms with Gasteiger partial charge in [0.2, 0.25) is 10.0 Å². The Kier molecular flexibility index (Phi) is 4.91. The topological polar surface area (TPSA) is 103 Å². The zero-order valence-electron chi connectivity index (χ0n) is 8.67. The first-order valence-corrected chi connectivity index (χ1v) is 6.97. The van der Waals surface area contributed by atoms with E-state index in [1.165, 1.54) is 6.20 Å². The number of aromatic nitrogens is 1. The van der Waals surface area contributed by atoms with Gasteiger partial charge in [-0.1, -0.05) is 23.2 Å². The van der Waals surface area contributed by atoms with Crippen LogP contribution in [0.2, 0.25) is 0 Å². The van der Waals surface area contributed by atoms with Gasteiger partial charge < -0.3 is 5.11 Å². The minimum atomic E-state index is -3.65. The molecule has 0 saturated carbocycles. The molecule has 0 saturated heterocycles. The number of nitrogens with zero attached hydrogens (tertiary/aromatic N) is 2. The summed E-state index contributed by atoms with van der Waals surface area (Å²) in [5.74, 6) is 4.81. The fourth-order valence-corrected chi connectivity index (χ4v) is 2.49. The number of aliphatic hydroxyl groups excluding tert-OH is 1. The Labute approximate surface area is 103 Å².